The number of hydrogen-bond donors (Lipinski definition) is 1. The number of imidazole rings is 1. The van der Waals surface area contributed by atoms with Crippen LogP contribution in [-0.2, 0) is 7.05 Å². The van der Waals surface area contributed by atoms with Crippen LogP contribution in [0.3, 0.4) is 0 Å². The first kappa shape index (κ1) is 9.86. The number of benzene rings is 1. The summed E-state index contributed by atoms with van der Waals surface area (Å²) in [6.07, 6.45) is 1.75. The normalized spacial score (nSPS) is 10.8. The Balaban J connectivity index is 2.43. The number of aromatic nitrogens is 2. The molecule has 0 aliphatic carbocycles. The highest BCUT2D eigenvalue weighted by atomic mass is 16.1. The summed E-state index contributed by atoms with van der Waals surface area (Å²) < 4.78 is 1.93. The molecule has 0 atom stereocenters. The summed E-state index contributed by atoms with van der Waals surface area (Å²) in [5.74, 6) is 0.0880. The summed E-state index contributed by atoms with van der Waals surface area (Å²) in [5.41, 5.74) is 2.60. The molecule has 0 saturated heterocycles. The summed E-state index contributed by atoms with van der Waals surface area (Å²) >= 11 is 0. The maximum Gasteiger partial charge on any atom is 0.176 e. The van der Waals surface area contributed by atoms with Crippen molar-refractivity contribution in [2.45, 2.75) is 0 Å². The average Bonchev–Trinajstić information content (AvgIpc) is 2.60. The highest BCUT2D eigenvalue weighted by molar-refractivity contribution is 6.00. The molecule has 0 unspecified atom stereocenters. The van der Waals surface area contributed by atoms with Gasteiger partial charge < -0.3 is 9.88 Å². The predicted molar refractivity (Wildman–Crippen MR) is 59.0 cm³/mol. The summed E-state index contributed by atoms with van der Waals surface area (Å²) in [7, 11) is 3.70. The molecule has 0 saturated carbocycles. The molecule has 1 aromatic carbocycles. The number of rotatable bonds is 3. The number of nitrogens with one attached hydrogen (secondary N) is 1. The fourth-order valence-corrected chi connectivity index (χ4v) is 1.57. The predicted octanol–water partition coefficient (Wildman–Crippen LogP) is 0.975. The Hall–Kier alpha value is -1.68. The van der Waals surface area contributed by atoms with Crippen LogP contribution in [0.5, 0.6) is 0 Å². The molecule has 0 radical (unpaired) electrons. The van der Waals surface area contributed by atoms with E-state index in [-0.39, 0.29) is 5.78 Å². The molecule has 0 amide bonds. The van der Waals surface area contributed by atoms with Gasteiger partial charge in [0, 0.05) is 12.6 Å². The van der Waals surface area contributed by atoms with E-state index in [9.17, 15) is 4.79 Å². The van der Waals surface area contributed by atoms with Gasteiger partial charge in [0.05, 0.1) is 23.9 Å². The van der Waals surface area contributed by atoms with Gasteiger partial charge in [-0.05, 0) is 25.2 Å². The molecule has 4 nitrogen and oxygen atoms in total. The van der Waals surface area contributed by atoms with Gasteiger partial charge in [-0.15, -0.1) is 0 Å². The highest BCUT2D eigenvalue weighted by Crippen LogP contribution is 2.13. The number of likely N-dealkylation sites (N-methyl/N-ethyl adjacent to an activating group) is 1. The Labute approximate surface area is 87.9 Å². The van der Waals surface area contributed by atoms with Crippen LogP contribution in [0.25, 0.3) is 11.0 Å². The van der Waals surface area contributed by atoms with Gasteiger partial charge in [-0.1, -0.05) is 0 Å². The first-order valence-corrected chi connectivity index (χ1v) is 4.81. The molecule has 0 aliphatic rings. The lowest BCUT2D eigenvalue weighted by Crippen LogP contribution is -2.18. The van der Waals surface area contributed by atoms with Crippen LogP contribution in [-0.4, -0.2) is 28.9 Å². The largest absolute Gasteiger partial charge is 0.334 e. The Morgan fingerprint density at radius 1 is 1.53 bits per heavy atom. The molecule has 1 heterocycles. The van der Waals surface area contributed by atoms with E-state index in [1.807, 2.05) is 29.8 Å². The molecule has 1 aromatic heterocycles. The number of nitrogens with zero attached hydrogens (tertiary/aromatic N) is 2. The van der Waals surface area contributed by atoms with Crippen molar-refractivity contribution < 1.29 is 4.79 Å². The summed E-state index contributed by atoms with van der Waals surface area (Å²) in [4.78, 5) is 15.8. The topological polar surface area (TPSA) is 46.9 Å². The first-order chi connectivity index (χ1) is 7.22. The highest BCUT2D eigenvalue weighted by Gasteiger charge is 2.06. The second kappa shape index (κ2) is 3.82. The Morgan fingerprint density at radius 3 is 3.07 bits per heavy atom. The van der Waals surface area contributed by atoms with Crippen LogP contribution >= 0.6 is 0 Å². The average molecular weight is 203 g/mol. The lowest BCUT2D eigenvalue weighted by molar-refractivity contribution is 0.0993. The number of carbonyl (C=O) groups is 1. The van der Waals surface area contributed by atoms with Gasteiger partial charge in [0.25, 0.3) is 0 Å². The molecule has 15 heavy (non-hydrogen) atoms. The summed E-state index contributed by atoms with van der Waals surface area (Å²) in [5, 5.41) is 2.84. The van der Waals surface area contributed by atoms with Crippen molar-refractivity contribution >= 4 is 16.8 Å². The SMILES string of the molecule is CNCC(=O)c1ccc2c(c1)ncn2C. The van der Waals surface area contributed by atoms with E-state index in [1.165, 1.54) is 0 Å². The minimum Gasteiger partial charge on any atom is -0.334 e. The third kappa shape index (κ3) is 1.76. The molecule has 0 spiro atoms. The maximum atomic E-state index is 11.6. The lowest BCUT2D eigenvalue weighted by atomic mass is 10.1. The van der Waals surface area contributed by atoms with E-state index in [0.717, 1.165) is 11.0 Å². The molecule has 1 N–H and O–H groups in total. The zero-order valence-electron chi connectivity index (χ0n) is 8.82. The molecule has 2 rings (SSSR count). The third-order valence-corrected chi connectivity index (χ3v) is 2.38. The quantitative estimate of drug-likeness (QED) is 0.756. The summed E-state index contributed by atoms with van der Waals surface area (Å²) in [6.45, 7) is 0.359. The number of aryl methyl sites for hydroxylation is 1. The fourth-order valence-electron chi connectivity index (χ4n) is 1.57. The van der Waals surface area contributed by atoms with E-state index < -0.39 is 0 Å². The van der Waals surface area contributed by atoms with Gasteiger partial charge >= 0.3 is 0 Å². The van der Waals surface area contributed by atoms with Gasteiger partial charge in [-0.25, -0.2) is 4.98 Å². The molecule has 2 aromatic rings. The Kier molecular flexibility index (Phi) is 2.51. The van der Waals surface area contributed by atoms with Gasteiger partial charge in [0.1, 0.15) is 0 Å². The van der Waals surface area contributed by atoms with Gasteiger partial charge in [-0.3, -0.25) is 4.79 Å². The molecule has 78 valence electrons. The number of Topliss-reactive ketones (excluding diaryl/α,β-unsaturated/α-hetero) is 1. The van der Waals surface area contributed by atoms with E-state index in [0.29, 0.717) is 12.1 Å². The fraction of sp³-hybridized carbons (Fsp3) is 0.273. The molecule has 0 fully saturated rings. The van der Waals surface area contributed by atoms with Crippen LogP contribution in [0.2, 0.25) is 0 Å². The van der Waals surface area contributed by atoms with Crippen molar-refractivity contribution in [1.82, 2.24) is 14.9 Å². The molecule has 4 heteroatoms. The Bertz CT molecular complexity index is 502. The van der Waals surface area contributed by atoms with Crippen molar-refractivity contribution in [2.75, 3.05) is 13.6 Å². The molecule has 0 bridgehead atoms. The van der Waals surface area contributed by atoms with Crippen LogP contribution in [0, 0.1) is 0 Å². The second-order valence-electron chi connectivity index (χ2n) is 3.51. The summed E-state index contributed by atoms with van der Waals surface area (Å²) in [6, 6.07) is 5.59. The zero-order chi connectivity index (χ0) is 10.8. The number of ketones is 1. The molecule has 0 aliphatic heterocycles. The lowest BCUT2D eigenvalue weighted by Gasteiger charge is -2.00. The van der Waals surface area contributed by atoms with Crippen LogP contribution in [0.4, 0.5) is 0 Å². The van der Waals surface area contributed by atoms with Crippen molar-refractivity contribution in [3.63, 3.8) is 0 Å². The first-order valence-electron chi connectivity index (χ1n) is 4.81. The van der Waals surface area contributed by atoms with Crippen LogP contribution < -0.4 is 5.32 Å². The zero-order valence-corrected chi connectivity index (χ0v) is 8.82. The van der Waals surface area contributed by atoms with Crippen molar-refractivity contribution in [1.29, 1.82) is 0 Å². The number of fused-ring (bicyclic) bond motifs is 1. The van der Waals surface area contributed by atoms with E-state index in [2.05, 4.69) is 10.3 Å². The maximum absolute atomic E-state index is 11.6. The molecular formula is C11H13N3O. The monoisotopic (exact) mass is 203 g/mol. The third-order valence-electron chi connectivity index (χ3n) is 2.38. The van der Waals surface area contributed by atoms with Crippen LogP contribution in [0.15, 0.2) is 24.5 Å². The van der Waals surface area contributed by atoms with Gasteiger partial charge in [0.15, 0.2) is 5.78 Å². The van der Waals surface area contributed by atoms with Crippen molar-refractivity contribution in [3.8, 4) is 0 Å². The number of hydrogen-bond acceptors (Lipinski definition) is 3. The van der Waals surface area contributed by atoms with E-state index in [1.54, 1.807) is 13.4 Å². The minimum atomic E-state index is 0.0880. The van der Waals surface area contributed by atoms with Crippen LogP contribution in [0.1, 0.15) is 10.4 Å². The molecular weight excluding hydrogens is 190 g/mol. The number of carbonyl (C=O) groups excluding carboxylic acids is 1. The standard InChI is InChI=1S/C11H13N3O/c1-12-6-11(15)8-3-4-10-9(5-8)13-7-14(10)2/h3-5,7,12H,6H2,1-2H3. The van der Waals surface area contributed by atoms with Gasteiger partial charge in [-0.2, -0.15) is 0 Å². The van der Waals surface area contributed by atoms with Crippen molar-refractivity contribution in [2.24, 2.45) is 7.05 Å². The van der Waals surface area contributed by atoms with E-state index >= 15 is 0 Å². The second-order valence-corrected chi connectivity index (χ2v) is 3.51. The van der Waals surface area contributed by atoms with E-state index in [4.69, 9.17) is 0 Å². The van der Waals surface area contributed by atoms with Gasteiger partial charge in [0.2, 0.25) is 0 Å². The smallest absolute Gasteiger partial charge is 0.176 e. The van der Waals surface area contributed by atoms with Crippen molar-refractivity contribution in [3.05, 3.63) is 30.1 Å². The Morgan fingerprint density at radius 2 is 2.33 bits per heavy atom. The minimum absolute atomic E-state index is 0.0880.